The Balaban J connectivity index is 1.37. The lowest BCUT2D eigenvalue weighted by Gasteiger charge is -2.48. The van der Waals surface area contributed by atoms with Gasteiger partial charge < -0.3 is 23.7 Å². The summed E-state index contributed by atoms with van der Waals surface area (Å²) in [6.45, 7) is 1.72. The number of hydrogen-bond donors (Lipinski definition) is 0. The second-order valence-corrected chi connectivity index (χ2v) is 10.5. The first kappa shape index (κ1) is 24.9. The normalized spacial score (nSPS) is 26.9. The highest BCUT2D eigenvalue weighted by Crippen LogP contribution is 2.43. The van der Waals surface area contributed by atoms with E-state index in [0.717, 1.165) is 21.6 Å². The zero-order chi connectivity index (χ0) is 25.9. The van der Waals surface area contributed by atoms with Crippen molar-refractivity contribution in [2.75, 3.05) is 6.61 Å². The van der Waals surface area contributed by atoms with E-state index in [0.29, 0.717) is 12.4 Å². The first-order valence-corrected chi connectivity index (χ1v) is 13.5. The molecule has 2 aromatic carbocycles. The second-order valence-electron chi connectivity index (χ2n) is 9.28. The van der Waals surface area contributed by atoms with Crippen molar-refractivity contribution in [2.45, 2.75) is 48.0 Å². The fourth-order valence-corrected chi connectivity index (χ4v) is 6.07. The van der Waals surface area contributed by atoms with Gasteiger partial charge in [0.1, 0.15) is 23.4 Å². The maximum Gasteiger partial charge on any atom is 0.303 e. The molecule has 7 heteroatoms. The van der Waals surface area contributed by atoms with Crippen molar-refractivity contribution in [1.82, 2.24) is 0 Å². The van der Waals surface area contributed by atoms with E-state index >= 15 is 0 Å². The van der Waals surface area contributed by atoms with Crippen LogP contribution in [0.2, 0.25) is 0 Å². The molecule has 2 heterocycles. The molecule has 38 heavy (non-hydrogen) atoms. The molecule has 6 nitrogen and oxygen atoms in total. The molecule has 0 bridgehead atoms. The van der Waals surface area contributed by atoms with Gasteiger partial charge in [0.05, 0.1) is 6.61 Å². The van der Waals surface area contributed by atoms with Gasteiger partial charge in [-0.1, -0.05) is 96.7 Å². The van der Waals surface area contributed by atoms with Crippen LogP contribution in [0.25, 0.3) is 11.1 Å². The van der Waals surface area contributed by atoms with Gasteiger partial charge >= 0.3 is 5.97 Å². The largest absolute Gasteiger partial charge is 0.483 e. The highest BCUT2D eigenvalue weighted by molar-refractivity contribution is 7.99. The van der Waals surface area contributed by atoms with Gasteiger partial charge in [0.2, 0.25) is 0 Å². The van der Waals surface area contributed by atoms with E-state index in [1.807, 2.05) is 103 Å². The highest BCUT2D eigenvalue weighted by Gasteiger charge is 2.53. The molecule has 4 aliphatic rings. The number of rotatable bonds is 6. The molecule has 6 rings (SSSR count). The smallest absolute Gasteiger partial charge is 0.303 e. The Labute approximate surface area is 226 Å². The topological polar surface area (TPSA) is 63.2 Å². The molecule has 0 radical (unpaired) electrons. The van der Waals surface area contributed by atoms with Crippen LogP contribution in [-0.2, 0) is 23.7 Å². The van der Waals surface area contributed by atoms with Crippen molar-refractivity contribution in [3.05, 3.63) is 109 Å². The predicted molar refractivity (Wildman–Crippen MR) is 144 cm³/mol. The summed E-state index contributed by atoms with van der Waals surface area (Å²) in [5.41, 5.74) is 2.41. The maximum absolute atomic E-state index is 12.3. The third kappa shape index (κ3) is 5.28. The molecule has 1 unspecified atom stereocenters. The first-order chi connectivity index (χ1) is 18.7. The van der Waals surface area contributed by atoms with Crippen LogP contribution in [0, 0.1) is 0 Å². The van der Waals surface area contributed by atoms with Gasteiger partial charge in [-0.2, -0.15) is 0 Å². The van der Waals surface area contributed by atoms with Gasteiger partial charge in [-0.15, -0.1) is 0 Å². The number of esters is 1. The molecule has 0 spiro atoms. The summed E-state index contributed by atoms with van der Waals surface area (Å²) in [5.74, 6) is 0.295. The Hall–Kier alpha value is -3.36. The van der Waals surface area contributed by atoms with Crippen molar-refractivity contribution in [3.8, 4) is 16.9 Å². The molecule has 194 valence electrons. The van der Waals surface area contributed by atoms with E-state index in [1.165, 1.54) is 18.7 Å². The van der Waals surface area contributed by atoms with Crippen LogP contribution < -0.4 is 4.74 Å². The molecular weight excluding hydrogens is 500 g/mol. The number of carbonyl (C=O) groups is 1. The van der Waals surface area contributed by atoms with Crippen molar-refractivity contribution < 1.29 is 28.5 Å². The third-order valence-corrected chi connectivity index (χ3v) is 7.82. The standard InChI is InChI=1S/C31H28O6S/c1-20(32)34-29-28(35-25-18-17-21-11-5-3-10-16-24(21)25)27-26(36-31(29)38-23-14-8-4-9-15-23)19-33-30(37-27)22-12-6-2-7-13-22/h2-18,26-31H,19H2,1H3/t26-,27+,28+,29-,30?,31+/m1/s1. The average Bonchev–Trinajstić information content (AvgIpc) is 3.16. The lowest BCUT2D eigenvalue weighted by molar-refractivity contribution is -0.315. The third-order valence-electron chi connectivity index (χ3n) is 6.67. The average molecular weight is 529 g/mol. The molecule has 0 saturated carbocycles. The van der Waals surface area contributed by atoms with Crippen LogP contribution >= 0.6 is 11.8 Å². The van der Waals surface area contributed by atoms with E-state index in [9.17, 15) is 4.79 Å². The molecule has 2 saturated heterocycles. The van der Waals surface area contributed by atoms with Crippen LogP contribution in [0.1, 0.15) is 18.8 Å². The van der Waals surface area contributed by atoms with Crippen molar-refractivity contribution in [3.63, 3.8) is 0 Å². The number of benzene rings is 2. The Kier molecular flexibility index (Phi) is 7.33. The zero-order valence-electron chi connectivity index (χ0n) is 20.8. The number of ether oxygens (including phenoxy) is 5. The van der Waals surface area contributed by atoms with E-state index in [2.05, 4.69) is 0 Å². The van der Waals surface area contributed by atoms with Crippen molar-refractivity contribution in [1.29, 1.82) is 0 Å². The Morgan fingerprint density at radius 2 is 1.53 bits per heavy atom. The summed E-state index contributed by atoms with van der Waals surface area (Å²) in [6, 6.07) is 33.7. The SMILES string of the molecule is CC(=O)O[C@@H]1[C@@H](Oc2ccc3cccccc2-3)[C@H]2OC(c3ccccc3)OC[C@H]2O[C@H]1Sc1ccccc1. The van der Waals surface area contributed by atoms with E-state index in [4.69, 9.17) is 23.7 Å². The van der Waals surface area contributed by atoms with Crippen molar-refractivity contribution in [2.24, 2.45) is 0 Å². The summed E-state index contributed by atoms with van der Waals surface area (Å²) in [6.07, 6.45) is -2.89. The molecule has 0 amide bonds. The predicted octanol–water partition coefficient (Wildman–Crippen LogP) is 6.10. The zero-order valence-corrected chi connectivity index (χ0v) is 21.7. The number of thioether (sulfide) groups is 1. The minimum Gasteiger partial charge on any atom is -0.483 e. The molecule has 2 aliphatic heterocycles. The summed E-state index contributed by atoms with van der Waals surface area (Å²) in [7, 11) is 0. The maximum atomic E-state index is 12.3. The minimum absolute atomic E-state index is 0.319. The summed E-state index contributed by atoms with van der Waals surface area (Å²) >= 11 is 1.50. The Morgan fingerprint density at radius 3 is 2.29 bits per heavy atom. The number of hydrogen-bond acceptors (Lipinski definition) is 7. The lowest BCUT2D eigenvalue weighted by atomic mass is 9.98. The molecular formula is C31H28O6S. The van der Waals surface area contributed by atoms with E-state index < -0.39 is 42.1 Å². The Morgan fingerprint density at radius 1 is 0.816 bits per heavy atom. The summed E-state index contributed by atoms with van der Waals surface area (Å²) in [5, 5.41) is 0. The van der Waals surface area contributed by atoms with Crippen LogP contribution in [0.3, 0.4) is 0 Å². The van der Waals surface area contributed by atoms with Crippen LogP contribution in [0.15, 0.2) is 108 Å². The van der Waals surface area contributed by atoms with Gasteiger partial charge in [-0.25, -0.2) is 0 Å². The Bertz CT molecular complexity index is 1330. The highest BCUT2D eigenvalue weighted by atomic mass is 32.2. The first-order valence-electron chi connectivity index (χ1n) is 12.7. The minimum atomic E-state index is -0.726. The number of carbonyl (C=O) groups excluding carboxylic acids is 1. The quantitative estimate of drug-likeness (QED) is 0.280. The molecule has 0 N–H and O–H groups in total. The summed E-state index contributed by atoms with van der Waals surface area (Å²) < 4.78 is 31.8. The van der Waals surface area contributed by atoms with E-state index in [-0.39, 0.29) is 0 Å². The second kappa shape index (κ2) is 11.2. The summed E-state index contributed by atoms with van der Waals surface area (Å²) in [4.78, 5) is 13.3. The monoisotopic (exact) mass is 528 g/mol. The van der Waals surface area contributed by atoms with Crippen LogP contribution in [-0.4, -0.2) is 42.4 Å². The van der Waals surface area contributed by atoms with Gasteiger partial charge in [-0.05, 0) is 23.8 Å². The van der Waals surface area contributed by atoms with Gasteiger partial charge in [0.25, 0.3) is 0 Å². The molecule has 6 atom stereocenters. The van der Waals surface area contributed by atoms with Crippen molar-refractivity contribution >= 4 is 17.7 Å². The number of fused-ring (bicyclic) bond motifs is 2. The lowest BCUT2D eigenvalue weighted by Crippen LogP contribution is -2.63. The molecule has 2 aromatic rings. The van der Waals surface area contributed by atoms with Gasteiger partial charge in [0, 0.05) is 22.9 Å². The van der Waals surface area contributed by atoms with Gasteiger partial charge in [0.15, 0.2) is 18.5 Å². The van der Waals surface area contributed by atoms with Crippen LogP contribution in [0.5, 0.6) is 5.75 Å². The fraction of sp³-hybridized carbons (Fsp3) is 0.258. The molecule has 0 aromatic heterocycles. The van der Waals surface area contributed by atoms with Crippen LogP contribution in [0.4, 0.5) is 0 Å². The molecule has 2 fully saturated rings. The van der Waals surface area contributed by atoms with E-state index in [1.54, 1.807) is 0 Å². The molecule has 2 aliphatic carbocycles. The fourth-order valence-electron chi connectivity index (χ4n) is 4.94. The van der Waals surface area contributed by atoms with Gasteiger partial charge in [-0.3, -0.25) is 4.79 Å².